The minimum absolute atomic E-state index is 0.514. The molecule has 0 bridgehead atoms. The van der Waals surface area contributed by atoms with Crippen LogP contribution in [0, 0.1) is 6.92 Å². The van der Waals surface area contributed by atoms with Crippen LogP contribution in [0.1, 0.15) is 44.7 Å². The van der Waals surface area contributed by atoms with Crippen molar-refractivity contribution in [1.29, 1.82) is 0 Å². The van der Waals surface area contributed by atoms with E-state index in [0.717, 1.165) is 11.0 Å². The molecule has 0 aromatic carbocycles. The van der Waals surface area contributed by atoms with Gasteiger partial charge in [0.1, 0.15) is 5.52 Å². The molecular formula is C12H19N3. The predicted molar refractivity (Wildman–Crippen MR) is 64.1 cm³/mol. The molecule has 3 heteroatoms. The lowest BCUT2D eigenvalue weighted by molar-refractivity contribution is 0.851. The van der Waals surface area contributed by atoms with Crippen LogP contribution in [0.4, 0.5) is 0 Å². The van der Waals surface area contributed by atoms with Crippen molar-refractivity contribution in [3.8, 4) is 0 Å². The van der Waals surface area contributed by atoms with Gasteiger partial charge in [0.2, 0.25) is 0 Å². The van der Waals surface area contributed by atoms with Crippen molar-refractivity contribution in [2.75, 3.05) is 0 Å². The quantitative estimate of drug-likeness (QED) is 0.775. The van der Waals surface area contributed by atoms with Crippen molar-refractivity contribution in [3.05, 3.63) is 23.5 Å². The Morgan fingerprint density at radius 3 is 2.47 bits per heavy atom. The van der Waals surface area contributed by atoms with E-state index in [4.69, 9.17) is 0 Å². The highest BCUT2D eigenvalue weighted by Gasteiger charge is 2.08. The van der Waals surface area contributed by atoms with Gasteiger partial charge in [-0.15, -0.1) is 0 Å². The number of aryl methyl sites for hydroxylation is 1. The lowest BCUT2D eigenvalue weighted by atomic mass is 10.00. The number of rotatable bonds is 1. The number of nitrogens with one attached hydrogen (secondary N) is 1. The van der Waals surface area contributed by atoms with Gasteiger partial charge in [-0.3, -0.25) is 10.1 Å². The second-order valence-corrected chi connectivity index (χ2v) is 3.62. The molecule has 0 atom stereocenters. The highest BCUT2D eigenvalue weighted by molar-refractivity contribution is 5.77. The molecule has 1 N–H and O–H groups in total. The van der Waals surface area contributed by atoms with E-state index in [-0.39, 0.29) is 0 Å². The second kappa shape index (κ2) is 4.91. The number of hydrogen-bond donors (Lipinski definition) is 1. The molecule has 2 aromatic rings. The molecule has 0 aliphatic heterocycles. The predicted octanol–water partition coefficient (Wildman–Crippen LogP) is 3.42. The van der Waals surface area contributed by atoms with Crippen molar-refractivity contribution < 1.29 is 0 Å². The van der Waals surface area contributed by atoms with E-state index in [9.17, 15) is 0 Å². The molecule has 0 saturated carbocycles. The summed E-state index contributed by atoms with van der Waals surface area (Å²) in [7, 11) is 0. The van der Waals surface area contributed by atoms with Gasteiger partial charge in [0, 0.05) is 6.20 Å². The number of H-pyrrole nitrogens is 1. The average Bonchev–Trinajstić information content (AvgIpc) is 2.69. The number of nitrogens with zero attached hydrogens (tertiary/aromatic N) is 2. The van der Waals surface area contributed by atoms with Gasteiger partial charge in [-0.05, 0) is 24.0 Å². The Bertz CT molecular complexity index is 429. The standard InChI is InChI=1S/C10H13N3.C2H6/c1-6(2)8-4-11-9-5-12-13-10(9)7(8)3;1-2/h4-6H,1-3H3,(H,12,13);1-2H3. The van der Waals surface area contributed by atoms with Crippen molar-refractivity contribution in [3.63, 3.8) is 0 Å². The summed E-state index contributed by atoms with van der Waals surface area (Å²) in [4.78, 5) is 4.33. The van der Waals surface area contributed by atoms with Gasteiger partial charge < -0.3 is 0 Å². The van der Waals surface area contributed by atoms with Gasteiger partial charge in [-0.2, -0.15) is 5.10 Å². The lowest BCUT2D eigenvalue weighted by Crippen LogP contribution is -1.94. The summed E-state index contributed by atoms with van der Waals surface area (Å²) in [6.45, 7) is 10.5. The van der Waals surface area contributed by atoms with Crippen molar-refractivity contribution >= 4 is 11.0 Å². The largest absolute Gasteiger partial charge is 0.276 e. The van der Waals surface area contributed by atoms with Gasteiger partial charge in [0.15, 0.2) is 0 Å². The van der Waals surface area contributed by atoms with E-state index in [2.05, 4.69) is 36.0 Å². The first-order valence-corrected chi connectivity index (χ1v) is 5.48. The molecule has 2 rings (SSSR count). The number of aromatic nitrogens is 3. The molecule has 2 heterocycles. The second-order valence-electron chi connectivity index (χ2n) is 3.62. The first-order chi connectivity index (χ1) is 7.20. The molecule has 0 amide bonds. The van der Waals surface area contributed by atoms with Crippen LogP contribution in [0.25, 0.3) is 11.0 Å². The highest BCUT2D eigenvalue weighted by atomic mass is 15.1. The van der Waals surface area contributed by atoms with E-state index in [1.807, 2.05) is 20.0 Å². The molecular weight excluding hydrogens is 186 g/mol. The summed E-state index contributed by atoms with van der Waals surface area (Å²) in [6.07, 6.45) is 3.70. The van der Waals surface area contributed by atoms with Crippen LogP contribution in [0.15, 0.2) is 12.4 Å². The Morgan fingerprint density at radius 2 is 1.87 bits per heavy atom. The monoisotopic (exact) mass is 205 g/mol. The minimum atomic E-state index is 0.514. The van der Waals surface area contributed by atoms with Gasteiger partial charge in [-0.25, -0.2) is 0 Å². The molecule has 2 aromatic heterocycles. The molecule has 15 heavy (non-hydrogen) atoms. The maximum Gasteiger partial charge on any atom is 0.108 e. The summed E-state index contributed by atoms with van der Waals surface area (Å²) in [5, 5.41) is 6.95. The SMILES string of the molecule is CC.Cc1c(C(C)C)cnc2cn[nH]c12. The summed E-state index contributed by atoms with van der Waals surface area (Å²) in [5.74, 6) is 0.514. The Balaban J connectivity index is 0.000000531. The van der Waals surface area contributed by atoms with Crippen molar-refractivity contribution in [1.82, 2.24) is 15.2 Å². The molecule has 0 saturated heterocycles. The molecule has 0 unspecified atom stereocenters. The summed E-state index contributed by atoms with van der Waals surface area (Å²) >= 11 is 0. The Morgan fingerprint density at radius 1 is 1.20 bits per heavy atom. The number of hydrogen-bond acceptors (Lipinski definition) is 2. The number of pyridine rings is 1. The van der Waals surface area contributed by atoms with Gasteiger partial charge >= 0.3 is 0 Å². The van der Waals surface area contributed by atoms with E-state index in [1.165, 1.54) is 11.1 Å². The zero-order valence-electron chi connectivity index (χ0n) is 10.1. The number of aromatic amines is 1. The zero-order valence-corrected chi connectivity index (χ0v) is 10.1. The maximum absolute atomic E-state index is 4.33. The molecule has 0 aliphatic carbocycles. The Kier molecular flexibility index (Phi) is 3.83. The van der Waals surface area contributed by atoms with E-state index in [0.29, 0.717) is 5.92 Å². The molecule has 3 nitrogen and oxygen atoms in total. The van der Waals surface area contributed by atoms with E-state index < -0.39 is 0 Å². The first kappa shape index (κ1) is 11.7. The Labute approximate surface area is 90.9 Å². The lowest BCUT2D eigenvalue weighted by Gasteiger charge is -2.08. The Hall–Kier alpha value is -1.38. The summed E-state index contributed by atoms with van der Waals surface area (Å²) < 4.78 is 0. The van der Waals surface area contributed by atoms with Crippen LogP contribution >= 0.6 is 0 Å². The maximum atomic E-state index is 4.33. The van der Waals surface area contributed by atoms with Crippen LogP contribution in [0.2, 0.25) is 0 Å². The molecule has 0 radical (unpaired) electrons. The third kappa shape index (κ3) is 2.17. The zero-order chi connectivity index (χ0) is 11.4. The van der Waals surface area contributed by atoms with Crippen LogP contribution < -0.4 is 0 Å². The van der Waals surface area contributed by atoms with E-state index in [1.54, 1.807) is 6.20 Å². The van der Waals surface area contributed by atoms with Crippen molar-refractivity contribution in [2.45, 2.75) is 40.5 Å². The van der Waals surface area contributed by atoms with Crippen LogP contribution in [0.5, 0.6) is 0 Å². The summed E-state index contributed by atoms with van der Waals surface area (Å²) in [6, 6.07) is 0. The van der Waals surface area contributed by atoms with E-state index >= 15 is 0 Å². The topological polar surface area (TPSA) is 41.6 Å². The van der Waals surface area contributed by atoms with Crippen LogP contribution in [0.3, 0.4) is 0 Å². The number of fused-ring (bicyclic) bond motifs is 1. The molecule has 0 aliphatic rings. The fourth-order valence-corrected chi connectivity index (χ4v) is 1.62. The molecule has 0 spiro atoms. The van der Waals surface area contributed by atoms with Crippen LogP contribution in [-0.4, -0.2) is 15.2 Å². The normalized spacial score (nSPS) is 10.3. The van der Waals surface area contributed by atoms with Gasteiger partial charge in [-0.1, -0.05) is 27.7 Å². The fourth-order valence-electron chi connectivity index (χ4n) is 1.62. The molecule has 0 fully saturated rings. The fraction of sp³-hybridized carbons (Fsp3) is 0.500. The van der Waals surface area contributed by atoms with Crippen molar-refractivity contribution in [2.24, 2.45) is 0 Å². The smallest absolute Gasteiger partial charge is 0.108 e. The first-order valence-electron chi connectivity index (χ1n) is 5.48. The third-order valence-electron chi connectivity index (χ3n) is 2.39. The van der Waals surface area contributed by atoms with Crippen LogP contribution in [-0.2, 0) is 0 Å². The van der Waals surface area contributed by atoms with Gasteiger partial charge in [0.25, 0.3) is 0 Å². The summed E-state index contributed by atoms with van der Waals surface area (Å²) in [5.41, 5.74) is 4.56. The van der Waals surface area contributed by atoms with Gasteiger partial charge in [0.05, 0.1) is 11.7 Å². The minimum Gasteiger partial charge on any atom is -0.276 e. The average molecular weight is 205 g/mol. The third-order valence-corrected chi connectivity index (χ3v) is 2.39. The highest BCUT2D eigenvalue weighted by Crippen LogP contribution is 2.22. The molecule has 82 valence electrons.